The van der Waals surface area contributed by atoms with Crippen LogP contribution in [0.15, 0.2) is 0 Å². The van der Waals surface area contributed by atoms with Crippen LogP contribution in [-0.2, 0) is 9.47 Å². The van der Waals surface area contributed by atoms with Gasteiger partial charge in [-0.1, -0.05) is 0 Å². The number of carbonyl (C=O) groups excluding carboxylic acids is 2. The molecule has 0 aromatic rings. The predicted molar refractivity (Wildman–Crippen MR) is 79.1 cm³/mol. The van der Waals surface area contributed by atoms with Gasteiger partial charge in [-0.15, -0.1) is 0 Å². The zero-order chi connectivity index (χ0) is 16.7. The van der Waals surface area contributed by atoms with Crippen LogP contribution in [0.3, 0.4) is 0 Å². The van der Waals surface area contributed by atoms with Crippen LogP contribution in [0.5, 0.6) is 0 Å². The van der Waals surface area contributed by atoms with Crippen LogP contribution in [0.4, 0.5) is 9.59 Å². The maximum Gasteiger partial charge on any atom is 0.419 e. The van der Waals surface area contributed by atoms with Crippen molar-refractivity contribution in [2.75, 3.05) is 26.2 Å². The van der Waals surface area contributed by atoms with Gasteiger partial charge >= 0.3 is 12.2 Å². The first kappa shape index (κ1) is 19.7. The lowest BCUT2D eigenvalue weighted by molar-refractivity contribution is 0.00170. The van der Waals surface area contributed by atoms with Gasteiger partial charge in [0.15, 0.2) is 0 Å². The Morgan fingerprint density at radius 2 is 1.38 bits per heavy atom. The third-order valence-corrected chi connectivity index (χ3v) is 2.03. The van der Waals surface area contributed by atoms with Crippen LogP contribution >= 0.6 is 0 Å². The number of nitrogens with one attached hydrogen (secondary N) is 1. The lowest BCUT2D eigenvalue weighted by atomic mass is 10.2. The first-order valence-electron chi connectivity index (χ1n) is 7.01. The Labute approximate surface area is 126 Å². The molecule has 0 aliphatic heterocycles. The van der Waals surface area contributed by atoms with Crippen molar-refractivity contribution in [1.82, 2.24) is 10.2 Å². The van der Waals surface area contributed by atoms with Gasteiger partial charge in [0.2, 0.25) is 0 Å². The van der Waals surface area contributed by atoms with E-state index in [0.717, 1.165) is 4.90 Å². The molecule has 0 unspecified atom stereocenters. The highest BCUT2D eigenvalue weighted by Gasteiger charge is 2.30. The zero-order valence-corrected chi connectivity index (χ0v) is 13.9. The highest BCUT2D eigenvalue weighted by molar-refractivity contribution is 5.88. The van der Waals surface area contributed by atoms with E-state index in [0.29, 0.717) is 13.1 Å². The standard InChI is InChI=1S/C14H28N2O5/c1-13(2,3)20-11(18)16(9-7-15-8-10-17)12(19)21-14(4,5)6/h15,17H,7-10H2,1-6H3. The Balaban J connectivity index is 4.75. The summed E-state index contributed by atoms with van der Waals surface area (Å²) in [6.07, 6.45) is -1.50. The van der Waals surface area contributed by atoms with Crippen molar-refractivity contribution in [3.63, 3.8) is 0 Å². The van der Waals surface area contributed by atoms with Crippen molar-refractivity contribution in [3.8, 4) is 0 Å². The first-order valence-corrected chi connectivity index (χ1v) is 7.01. The molecule has 0 heterocycles. The van der Waals surface area contributed by atoms with E-state index in [1.165, 1.54) is 0 Å². The van der Waals surface area contributed by atoms with Gasteiger partial charge in [0, 0.05) is 19.6 Å². The molecule has 0 saturated carbocycles. The van der Waals surface area contributed by atoms with Crippen molar-refractivity contribution >= 4 is 12.2 Å². The summed E-state index contributed by atoms with van der Waals surface area (Å²) in [5, 5.41) is 11.6. The van der Waals surface area contributed by atoms with Crippen molar-refractivity contribution in [2.24, 2.45) is 0 Å². The Hall–Kier alpha value is -1.34. The predicted octanol–water partition coefficient (Wildman–Crippen LogP) is 1.74. The third-order valence-electron chi connectivity index (χ3n) is 2.03. The molecule has 2 amide bonds. The van der Waals surface area contributed by atoms with Gasteiger partial charge in [0.05, 0.1) is 6.61 Å². The fourth-order valence-corrected chi connectivity index (χ4v) is 1.29. The number of imide groups is 1. The van der Waals surface area contributed by atoms with Gasteiger partial charge in [0.25, 0.3) is 0 Å². The molecule has 0 rings (SSSR count). The summed E-state index contributed by atoms with van der Waals surface area (Å²) in [5.41, 5.74) is -1.40. The molecule has 7 heteroatoms. The van der Waals surface area contributed by atoms with Crippen LogP contribution in [0, 0.1) is 0 Å². The van der Waals surface area contributed by atoms with Gasteiger partial charge in [-0.3, -0.25) is 0 Å². The van der Waals surface area contributed by atoms with Crippen molar-refractivity contribution < 1.29 is 24.2 Å². The maximum absolute atomic E-state index is 12.1. The number of aliphatic hydroxyl groups excluding tert-OH is 1. The largest absolute Gasteiger partial charge is 0.443 e. The number of hydrogen-bond donors (Lipinski definition) is 2. The Morgan fingerprint density at radius 3 is 1.71 bits per heavy atom. The second kappa shape index (κ2) is 8.19. The number of amides is 2. The summed E-state index contributed by atoms with van der Waals surface area (Å²) in [5.74, 6) is 0. The molecule has 0 aromatic carbocycles. The summed E-state index contributed by atoms with van der Waals surface area (Å²) in [6.45, 7) is 11.2. The van der Waals surface area contributed by atoms with E-state index in [1.807, 2.05) is 0 Å². The second-order valence-electron chi connectivity index (χ2n) is 6.59. The highest BCUT2D eigenvalue weighted by atomic mass is 16.6. The Bertz CT molecular complexity index is 316. The minimum absolute atomic E-state index is 0.0150. The van der Waals surface area contributed by atoms with E-state index in [9.17, 15) is 9.59 Å². The summed E-state index contributed by atoms with van der Waals surface area (Å²) < 4.78 is 10.4. The van der Waals surface area contributed by atoms with E-state index < -0.39 is 23.4 Å². The summed E-state index contributed by atoms with van der Waals surface area (Å²) in [7, 11) is 0. The van der Waals surface area contributed by atoms with E-state index in [4.69, 9.17) is 14.6 Å². The lowest BCUT2D eigenvalue weighted by Gasteiger charge is -2.28. The first-order chi connectivity index (χ1) is 9.46. The van der Waals surface area contributed by atoms with E-state index >= 15 is 0 Å². The molecule has 0 aliphatic carbocycles. The number of ether oxygens (including phenoxy) is 2. The van der Waals surface area contributed by atoms with Crippen LogP contribution in [0.25, 0.3) is 0 Å². The number of carbonyl (C=O) groups is 2. The number of hydrogen-bond acceptors (Lipinski definition) is 6. The molecule has 21 heavy (non-hydrogen) atoms. The molecule has 0 spiro atoms. The molecule has 0 bridgehead atoms. The topological polar surface area (TPSA) is 88.1 Å². The van der Waals surface area contributed by atoms with Gasteiger partial charge in [-0.2, -0.15) is 0 Å². The van der Waals surface area contributed by atoms with E-state index in [2.05, 4.69) is 5.32 Å². The average Bonchev–Trinajstić information content (AvgIpc) is 2.23. The van der Waals surface area contributed by atoms with Crippen LogP contribution in [0.1, 0.15) is 41.5 Å². The fraction of sp³-hybridized carbons (Fsp3) is 0.857. The fourth-order valence-electron chi connectivity index (χ4n) is 1.29. The van der Waals surface area contributed by atoms with Crippen LogP contribution in [0.2, 0.25) is 0 Å². The zero-order valence-electron chi connectivity index (χ0n) is 13.9. The average molecular weight is 304 g/mol. The van der Waals surface area contributed by atoms with Crippen molar-refractivity contribution in [2.45, 2.75) is 52.7 Å². The molecule has 0 atom stereocenters. The molecule has 7 nitrogen and oxygen atoms in total. The normalized spacial score (nSPS) is 12.0. The molecular formula is C14H28N2O5. The summed E-state index contributed by atoms with van der Waals surface area (Å²) in [4.78, 5) is 25.1. The molecule has 0 fully saturated rings. The molecule has 0 saturated heterocycles. The molecule has 124 valence electrons. The number of nitrogens with zero attached hydrogens (tertiary/aromatic N) is 1. The highest BCUT2D eigenvalue weighted by Crippen LogP contribution is 2.14. The van der Waals surface area contributed by atoms with Crippen LogP contribution < -0.4 is 5.32 Å². The number of aliphatic hydroxyl groups is 1. The van der Waals surface area contributed by atoms with Crippen LogP contribution in [-0.4, -0.2) is 59.6 Å². The third kappa shape index (κ3) is 10.1. The molecule has 0 aromatic heterocycles. The second-order valence-corrected chi connectivity index (χ2v) is 6.59. The Kier molecular flexibility index (Phi) is 7.67. The van der Waals surface area contributed by atoms with E-state index in [-0.39, 0.29) is 13.2 Å². The van der Waals surface area contributed by atoms with E-state index in [1.54, 1.807) is 41.5 Å². The molecular weight excluding hydrogens is 276 g/mol. The molecule has 0 aliphatic rings. The minimum Gasteiger partial charge on any atom is -0.443 e. The summed E-state index contributed by atoms with van der Waals surface area (Å²) >= 11 is 0. The van der Waals surface area contributed by atoms with Gasteiger partial charge < -0.3 is 19.9 Å². The van der Waals surface area contributed by atoms with Crippen molar-refractivity contribution in [1.29, 1.82) is 0 Å². The lowest BCUT2D eigenvalue weighted by Crippen LogP contribution is -2.46. The van der Waals surface area contributed by atoms with Gasteiger partial charge in [-0.05, 0) is 41.5 Å². The van der Waals surface area contributed by atoms with Gasteiger partial charge in [0.1, 0.15) is 11.2 Å². The smallest absolute Gasteiger partial charge is 0.419 e. The minimum atomic E-state index is -0.748. The van der Waals surface area contributed by atoms with Crippen molar-refractivity contribution in [3.05, 3.63) is 0 Å². The number of rotatable bonds is 5. The van der Waals surface area contributed by atoms with Gasteiger partial charge in [-0.25, -0.2) is 14.5 Å². The Morgan fingerprint density at radius 1 is 0.952 bits per heavy atom. The monoisotopic (exact) mass is 304 g/mol. The summed E-state index contributed by atoms with van der Waals surface area (Å²) in [6, 6.07) is 0. The SMILES string of the molecule is CC(C)(C)OC(=O)N(CCNCCO)C(=O)OC(C)(C)C. The maximum atomic E-state index is 12.1. The molecule has 0 radical (unpaired) electrons. The molecule has 2 N–H and O–H groups in total. The quantitative estimate of drug-likeness (QED) is 0.752.